The number of carbonyl (C=O) groups is 1. The Morgan fingerprint density at radius 2 is 1.96 bits per heavy atom. The molecule has 0 spiro atoms. The standard InChI is InChI=1S/C22H23FN2O3/c1-3-4-14-27-20-12-11-18(16-8-7-13-24-21(16)20)25-22(26)15(2)28-19-10-6-5-9-17(19)23/h5-13,15H,3-4,14H2,1-2H3,(H,25,26)/t15-/m1/s1. The van der Waals surface area contributed by atoms with E-state index >= 15 is 0 Å². The summed E-state index contributed by atoms with van der Waals surface area (Å²) in [7, 11) is 0. The fraction of sp³-hybridized carbons (Fsp3) is 0.273. The predicted octanol–water partition coefficient (Wildman–Crippen LogP) is 4.96. The fourth-order valence-electron chi connectivity index (χ4n) is 2.72. The molecule has 3 rings (SSSR count). The summed E-state index contributed by atoms with van der Waals surface area (Å²) in [4.78, 5) is 17.0. The van der Waals surface area contributed by atoms with Crippen molar-refractivity contribution in [1.82, 2.24) is 4.98 Å². The molecule has 1 atom stereocenters. The van der Waals surface area contributed by atoms with Crippen LogP contribution in [0.2, 0.25) is 0 Å². The number of anilines is 1. The van der Waals surface area contributed by atoms with Gasteiger partial charge in [0.1, 0.15) is 11.3 Å². The van der Waals surface area contributed by atoms with Crippen molar-refractivity contribution in [1.29, 1.82) is 0 Å². The maximum atomic E-state index is 13.7. The molecular weight excluding hydrogens is 359 g/mol. The van der Waals surface area contributed by atoms with E-state index in [4.69, 9.17) is 9.47 Å². The molecule has 0 bridgehead atoms. The number of para-hydroxylation sites is 1. The highest BCUT2D eigenvalue weighted by Gasteiger charge is 2.18. The number of hydrogen-bond acceptors (Lipinski definition) is 4. The van der Waals surface area contributed by atoms with Crippen LogP contribution in [0.25, 0.3) is 10.9 Å². The number of hydrogen-bond donors (Lipinski definition) is 1. The highest BCUT2D eigenvalue weighted by molar-refractivity contribution is 6.04. The first kappa shape index (κ1) is 19.6. The van der Waals surface area contributed by atoms with E-state index in [0.717, 1.165) is 18.2 Å². The molecule has 28 heavy (non-hydrogen) atoms. The van der Waals surface area contributed by atoms with Crippen LogP contribution < -0.4 is 14.8 Å². The van der Waals surface area contributed by atoms with Crippen LogP contribution in [0.4, 0.5) is 10.1 Å². The van der Waals surface area contributed by atoms with E-state index in [1.165, 1.54) is 12.1 Å². The second-order valence-electron chi connectivity index (χ2n) is 6.39. The van der Waals surface area contributed by atoms with Crippen molar-refractivity contribution < 1.29 is 18.7 Å². The average Bonchev–Trinajstić information content (AvgIpc) is 2.71. The molecule has 0 saturated heterocycles. The number of nitrogens with zero attached hydrogens (tertiary/aromatic N) is 1. The minimum atomic E-state index is -0.871. The molecule has 0 aliphatic carbocycles. The summed E-state index contributed by atoms with van der Waals surface area (Å²) in [6.45, 7) is 4.29. The highest BCUT2D eigenvalue weighted by atomic mass is 19.1. The van der Waals surface area contributed by atoms with Crippen LogP contribution in [0.3, 0.4) is 0 Å². The van der Waals surface area contributed by atoms with E-state index in [1.54, 1.807) is 43.5 Å². The van der Waals surface area contributed by atoms with Crippen molar-refractivity contribution in [3.63, 3.8) is 0 Å². The summed E-state index contributed by atoms with van der Waals surface area (Å²) in [6, 6.07) is 13.2. The zero-order chi connectivity index (χ0) is 19.9. The summed E-state index contributed by atoms with van der Waals surface area (Å²) < 4.78 is 25.0. The van der Waals surface area contributed by atoms with Crippen molar-refractivity contribution >= 4 is 22.5 Å². The van der Waals surface area contributed by atoms with Gasteiger partial charge in [-0.15, -0.1) is 0 Å². The lowest BCUT2D eigenvalue weighted by molar-refractivity contribution is -0.122. The lowest BCUT2D eigenvalue weighted by atomic mass is 10.1. The van der Waals surface area contributed by atoms with E-state index < -0.39 is 11.9 Å². The molecule has 5 nitrogen and oxygen atoms in total. The summed E-state index contributed by atoms with van der Waals surface area (Å²) in [5.41, 5.74) is 1.28. The van der Waals surface area contributed by atoms with Gasteiger partial charge in [-0.25, -0.2) is 4.39 Å². The Kier molecular flexibility index (Phi) is 6.42. The Morgan fingerprint density at radius 1 is 1.14 bits per heavy atom. The summed E-state index contributed by atoms with van der Waals surface area (Å²) in [5.74, 6) is -0.174. The molecule has 6 heteroatoms. The Morgan fingerprint density at radius 3 is 2.75 bits per heavy atom. The van der Waals surface area contributed by atoms with Crippen LogP contribution in [-0.2, 0) is 4.79 Å². The topological polar surface area (TPSA) is 60.5 Å². The van der Waals surface area contributed by atoms with Gasteiger partial charge in [0.25, 0.3) is 5.91 Å². The third-order valence-electron chi connectivity index (χ3n) is 4.26. The molecule has 3 aromatic rings. The fourth-order valence-corrected chi connectivity index (χ4v) is 2.72. The number of carbonyl (C=O) groups excluding carboxylic acids is 1. The zero-order valence-electron chi connectivity index (χ0n) is 15.9. The molecule has 0 fully saturated rings. The Hall–Kier alpha value is -3.15. The smallest absolute Gasteiger partial charge is 0.265 e. The van der Waals surface area contributed by atoms with Gasteiger partial charge in [-0.3, -0.25) is 9.78 Å². The number of aromatic nitrogens is 1. The first-order valence-electron chi connectivity index (χ1n) is 9.32. The van der Waals surface area contributed by atoms with Gasteiger partial charge in [0.15, 0.2) is 17.7 Å². The zero-order valence-corrected chi connectivity index (χ0v) is 15.9. The summed E-state index contributed by atoms with van der Waals surface area (Å²) in [5, 5.41) is 3.60. The molecule has 0 unspecified atom stereocenters. The second-order valence-corrected chi connectivity index (χ2v) is 6.39. The maximum Gasteiger partial charge on any atom is 0.265 e. The predicted molar refractivity (Wildman–Crippen MR) is 107 cm³/mol. The average molecular weight is 382 g/mol. The summed E-state index contributed by atoms with van der Waals surface area (Å²) >= 11 is 0. The Labute approximate surface area is 163 Å². The number of amides is 1. The first-order valence-corrected chi connectivity index (χ1v) is 9.32. The van der Waals surface area contributed by atoms with Crippen LogP contribution >= 0.6 is 0 Å². The minimum absolute atomic E-state index is 0.0383. The molecule has 146 valence electrons. The monoisotopic (exact) mass is 382 g/mol. The van der Waals surface area contributed by atoms with Gasteiger partial charge in [-0.05, 0) is 49.7 Å². The van der Waals surface area contributed by atoms with Crippen molar-refractivity contribution in [2.75, 3.05) is 11.9 Å². The number of unbranched alkanes of at least 4 members (excludes halogenated alkanes) is 1. The third-order valence-corrected chi connectivity index (χ3v) is 4.26. The van der Waals surface area contributed by atoms with Gasteiger partial charge >= 0.3 is 0 Å². The number of rotatable bonds is 8. The number of halogens is 1. The largest absolute Gasteiger partial charge is 0.491 e. The van der Waals surface area contributed by atoms with Crippen molar-refractivity contribution in [2.24, 2.45) is 0 Å². The van der Waals surface area contributed by atoms with Gasteiger partial charge in [0.2, 0.25) is 0 Å². The molecule has 1 amide bonds. The molecule has 0 radical (unpaired) electrons. The molecule has 0 saturated carbocycles. The number of nitrogens with one attached hydrogen (secondary N) is 1. The highest BCUT2D eigenvalue weighted by Crippen LogP contribution is 2.30. The molecule has 1 heterocycles. The molecule has 0 aliphatic heterocycles. The van der Waals surface area contributed by atoms with Crippen molar-refractivity contribution in [3.05, 3.63) is 60.5 Å². The van der Waals surface area contributed by atoms with E-state index in [0.29, 0.717) is 23.6 Å². The number of pyridine rings is 1. The Bertz CT molecular complexity index is 961. The second kappa shape index (κ2) is 9.17. The third kappa shape index (κ3) is 4.57. The van der Waals surface area contributed by atoms with E-state index in [2.05, 4.69) is 17.2 Å². The first-order chi connectivity index (χ1) is 13.6. The lowest BCUT2D eigenvalue weighted by Gasteiger charge is -2.17. The van der Waals surface area contributed by atoms with Crippen LogP contribution in [0.1, 0.15) is 26.7 Å². The normalized spacial score (nSPS) is 11.8. The molecular formula is C22H23FN2O3. The van der Waals surface area contributed by atoms with Gasteiger partial charge in [0.05, 0.1) is 12.3 Å². The summed E-state index contributed by atoms with van der Waals surface area (Å²) in [6.07, 6.45) is 2.81. The van der Waals surface area contributed by atoms with Crippen LogP contribution in [0.15, 0.2) is 54.7 Å². The SMILES string of the molecule is CCCCOc1ccc(NC(=O)[C@@H](C)Oc2ccccc2F)c2cccnc12. The maximum absolute atomic E-state index is 13.7. The molecule has 0 aliphatic rings. The van der Waals surface area contributed by atoms with E-state index in [-0.39, 0.29) is 11.7 Å². The molecule has 2 aromatic carbocycles. The number of fused-ring (bicyclic) bond motifs is 1. The molecule has 1 aromatic heterocycles. The van der Waals surface area contributed by atoms with Gasteiger partial charge in [-0.2, -0.15) is 0 Å². The Balaban J connectivity index is 1.77. The minimum Gasteiger partial charge on any atom is -0.491 e. The quantitative estimate of drug-likeness (QED) is 0.560. The van der Waals surface area contributed by atoms with E-state index in [9.17, 15) is 9.18 Å². The van der Waals surface area contributed by atoms with Gasteiger partial charge in [-0.1, -0.05) is 25.5 Å². The van der Waals surface area contributed by atoms with Crippen molar-refractivity contribution in [2.45, 2.75) is 32.8 Å². The van der Waals surface area contributed by atoms with E-state index in [1.807, 2.05) is 6.07 Å². The van der Waals surface area contributed by atoms with Gasteiger partial charge in [0, 0.05) is 11.6 Å². The van der Waals surface area contributed by atoms with Crippen LogP contribution in [0.5, 0.6) is 11.5 Å². The van der Waals surface area contributed by atoms with Crippen LogP contribution in [-0.4, -0.2) is 23.6 Å². The van der Waals surface area contributed by atoms with Crippen LogP contribution in [0, 0.1) is 5.82 Å². The number of ether oxygens (including phenoxy) is 2. The number of benzene rings is 2. The lowest BCUT2D eigenvalue weighted by Crippen LogP contribution is -2.30. The molecule has 1 N–H and O–H groups in total. The van der Waals surface area contributed by atoms with Crippen molar-refractivity contribution in [3.8, 4) is 11.5 Å². The van der Waals surface area contributed by atoms with Gasteiger partial charge < -0.3 is 14.8 Å².